The molecule has 21 nitrogen and oxygen atoms in total. The molecule has 23 heteroatoms. The largest absolute Gasteiger partial charge is 0.507 e. The molecule has 8 N–H and O–H groups in total. The minimum Gasteiger partial charge on any atom is -0.507 e. The van der Waals surface area contributed by atoms with Gasteiger partial charge in [0.1, 0.15) is 45.3 Å². The molecule has 6 aliphatic rings. The topological polar surface area (TPSA) is 296 Å². The number of piperazine rings is 1. The van der Waals surface area contributed by atoms with E-state index in [1.165, 1.54) is 37.3 Å². The van der Waals surface area contributed by atoms with Crippen LogP contribution in [0.4, 0.5) is 11.4 Å². The molecule has 3 aromatic rings. The minimum absolute atomic E-state index is 0.0220. The molecule has 0 radical (unpaired) electrons. The van der Waals surface area contributed by atoms with Gasteiger partial charge in [0.05, 0.1) is 46.9 Å². The van der Waals surface area contributed by atoms with Gasteiger partial charge in [-0.15, -0.1) is 0 Å². The third-order valence-corrected chi connectivity index (χ3v) is 18.1. The molecule has 0 saturated carbocycles. The number of ether oxygens (including phenoxy) is 4. The van der Waals surface area contributed by atoms with Crippen molar-refractivity contribution in [2.75, 3.05) is 63.1 Å². The number of aromatic hydroxyl groups is 2. The van der Waals surface area contributed by atoms with E-state index >= 15 is 4.79 Å². The number of para-hydroxylation sites is 1. The summed E-state index contributed by atoms with van der Waals surface area (Å²) in [4.78, 5) is 58.6. The number of hydrogen-bond donors (Lipinski definition) is 7. The van der Waals surface area contributed by atoms with Crippen molar-refractivity contribution in [2.45, 2.75) is 138 Å². The lowest BCUT2D eigenvalue weighted by atomic mass is 9.76. The number of aliphatic hydroxyl groups excluding tert-OH is 2. The number of phenols is 2. The molecule has 6 aliphatic heterocycles. The summed E-state index contributed by atoms with van der Waals surface area (Å²) >= 11 is 2.40. The van der Waals surface area contributed by atoms with Crippen LogP contribution in [0.2, 0.25) is 0 Å². The number of alkyl halides is 1. The number of primary sulfonamides is 1. The van der Waals surface area contributed by atoms with Gasteiger partial charge in [-0.05, 0) is 31.1 Å². The Bertz CT molecular complexity index is 3090. The number of sulfonamides is 1. The molecular weight excluding hydrogens is 1140 g/mol. The number of phenolic OH excluding ortho intramolecular Hbond substituents is 2. The number of esters is 1. The van der Waals surface area contributed by atoms with Crippen LogP contribution in [0.1, 0.15) is 97.0 Å². The van der Waals surface area contributed by atoms with Gasteiger partial charge in [-0.2, -0.15) is 0 Å². The number of nitrogens with zero attached hydrogens (tertiary/aromatic N) is 5. The van der Waals surface area contributed by atoms with E-state index in [9.17, 15) is 43.5 Å². The summed E-state index contributed by atoms with van der Waals surface area (Å²) in [6.45, 7) is 18.5. The lowest BCUT2D eigenvalue weighted by Gasteiger charge is -2.39. The summed E-state index contributed by atoms with van der Waals surface area (Å²) in [5.41, 5.74) is -2.01. The van der Waals surface area contributed by atoms with Gasteiger partial charge in [-0.25, -0.2) is 18.5 Å². The normalized spacial score (nSPS) is 30.5. The fourth-order valence-electron chi connectivity index (χ4n) is 12.0. The highest BCUT2D eigenvalue weighted by Crippen LogP contribution is 2.51. The molecule has 2 unspecified atom stereocenters. The number of hydrogen-bond acceptors (Lipinski definition) is 19. The molecule has 3 aromatic carbocycles. The zero-order valence-corrected chi connectivity index (χ0v) is 49.0. The Balaban J connectivity index is 1.15. The van der Waals surface area contributed by atoms with Crippen LogP contribution >= 0.6 is 22.6 Å². The number of anilines is 2. The number of nitrogens with two attached hydrogens (primary N) is 1. The maximum Gasteiger partial charge on any atom is 0.315 e. The zero-order valence-electron chi connectivity index (χ0n) is 46.0. The predicted molar refractivity (Wildman–Crippen MR) is 298 cm³/mol. The first kappa shape index (κ1) is 59.2. The van der Waals surface area contributed by atoms with Crippen LogP contribution in [0.15, 0.2) is 51.5 Å². The number of benzene rings is 3. The second-order valence-corrected chi connectivity index (χ2v) is 26.3. The second kappa shape index (κ2) is 22.6. The molecule has 1 amide bonds. The van der Waals surface area contributed by atoms with Crippen LogP contribution in [0.25, 0.3) is 10.8 Å². The summed E-state index contributed by atoms with van der Waals surface area (Å²) in [5.74, 6) is -9.00. The van der Waals surface area contributed by atoms with Gasteiger partial charge in [0, 0.05) is 118 Å². The van der Waals surface area contributed by atoms with Crippen molar-refractivity contribution in [3.05, 3.63) is 58.4 Å². The lowest BCUT2D eigenvalue weighted by molar-refractivity contribution is -0.166. The van der Waals surface area contributed by atoms with Crippen LogP contribution in [0.3, 0.4) is 0 Å². The number of methoxy groups -OCH3 is 1. The Kier molecular flexibility index (Phi) is 17.1. The van der Waals surface area contributed by atoms with Gasteiger partial charge in [0.15, 0.2) is 11.5 Å². The van der Waals surface area contributed by atoms with Crippen molar-refractivity contribution in [2.24, 2.45) is 44.7 Å². The Morgan fingerprint density at radius 3 is 2.21 bits per heavy atom. The van der Waals surface area contributed by atoms with E-state index in [4.69, 9.17) is 34.1 Å². The standard InChI is InChI=1S/C55H76IN7O14S/c1-28(2)55(71)26-29(3)46(66)32(6)47(67)33(7)50(76-39(65)25-38(64)63-22-20-62(21-23-63)35-13-11-12-14-37(35)78(57,72)73)31(5)36(74-10)15-24-75-53(9)52(70)42-40-41(48(68)34(8)51(42)77-53)49(69)45(60-55)44-43(40)58-54(59-44)16-18-61(19-17-54)27-30(4)56/h11-15,24,28-33,36,46-47,50,58,66-69,71H,16-23,25-27H2,1-10H3,(H2,57,72,73)/b24-15+,60-45?/t29-,30?,31+,32+,33+,36-,46-,47+,50+,53-,55?/m0/s1. The van der Waals surface area contributed by atoms with Crippen molar-refractivity contribution < 1.29 is 67.3 Å². The van der Waals surface area contributed by atoms with Crippen molar-refractivity contribution in [3.63, 3.8) is 0 Å². The van der Waals surface area contributed by atoms with E-state index in [1.54, 1.807) is 71.6 Å². The van der Waals surface area contributed by atoms with Gasteiger partial charge in [-0.1, -0.05) is 83.2 Å². The molecule has 2 saturated heterocycles. The number of carbonyl (C=O) groups excluding carboxylic acids is 3. The monoisotopic (exact) mass is 1220 g/mol. The molecule has 11 atom stereocenters. The Morgan fingerprint density at radius 2 is 1.59 bits per heavy atom. The van der Waals surface area contributed by atoms with Gasteiger partial charge in [0.25, 0.3) is 5.78 Å². The third kappa shape index (κ3) is 11.3. The molecule has 9 rings (SSSR count). The number of likely N-dealkylation sites (tertiary alicyclic amines) is 1. The number of rotatable bonds is 9. The fourth-order valence-corrected chi connectivity index (χ4v) is 13.3. The minimum atomic E-state index is -4.03. The molecule has 1 spiro atoms. The van der Waals surface area contributed by atoms with Gasteiger partial charge < -0.3 is 64.5 Å². The highest BCUT2D eigenvalue weighted by atomic mass is 127. The highest BCUT2D eigenvalue weighted by Gasteiger charge is 2.51. The number of amides is 1. The lowest BCUT2D eigenvalue weighted by Crippen LogP contribution is -2.50. The average molecular weight is 1220 g/mol. The van der Waals surface area contributed by atoms with E-state index in [2.05, 4.69) is 39.7 Å². The molecular formula is C55H76IN7O14S. The summed E-state index contributed by atoms with van der Waals surface area (Å²) < 4.78 is 49.8. The SMILES string of the molecule is CO[C@H]1/C=C/O[C@@]2(C)Oc3c(C)c(O)c4c(O)c(c5c(c4c3C2=O)NC2(CCN(CC(C)I)CC2)N=5)=NC(O)(C(C)C)C[C@H](C)[C@H](O)[C@@H](C)[C@@H](O)[C@@H](C)[C@H](OC(=O)CC(=O)N2CCN(c3ccccc3S(N)(=O)=O)CC2)[C@@H]1C. The van der Waals surface area contributed by atoms with E-state index in [0.29, 0.717) is 41.2 Å². The summed E-state index contributed by atoms with van der Waals surface area (Å²) in [7, 11) is -2.61. The van der Waals surface area contributed by atoms with E-state index in [0.717, 1.165) is 6.54 Å². The van der Waals surface area contributed by atoms with Crippen molar-refractivity contribution in [1.82, 2.24) is 9.80 Å². The Labute approximate surface area is 469 Å². The van der Waals surface area contributed by atoms with E-state index in [-0.39, 0.29) is 81.6 Å². The molecule has 6 heterocycles. The van der Waals surface area contributed by atoms with Crippen LogP contribution < -0.4 is 30.8 Å². The third-order valence-electron chi connectivity index (χ3n) is 16.8. The highest BCUT2D eigenvalue weighted by molar-refractivity contribution is 14.1. The molecule has 78 heavy (non-hydrogen) atoms. The predicted octanol–water partition coefficient (Wildman–Crippen LogP) is 3.99. The maximum atomic E-state index is 15.0. The quantitative estimate of drug-likeness (QED) is 0.0524. The van der Waals surface area contributed by atoms with Crippen LogP contribution in [-0.2, 0) is 33.8 Å². The average Bonchev–Trinajstić information content (AvgIpc) is 4.13. The van der Waals surface area contributed by atoms with Crippen molar-refractivity contribution in [3.8, 4) is 17.2 Å². The summed E-state index contributed by atoms with van der Waals surface area (Å²) in [6.07, 6.45) is -1.75. The zero-order chi connectivity index (χ0) is 57.1. The summed E-state index contributed by atoms with van der Waals surface area (Å²) in [6, 6.07) is 6.32. The fraction of sp³-hybridized carbons (Fsp3) is 0.618. The molecule has 2 fully saturated rings. The number of piperidine rings is 1. The number of aliphatic hydroxyl groups is 3. The van der Waals surface area contributed by atoms with Crippen molar-refractivity contribution >= 4 is 72.4 Å². The van der Waals surface area contributed by atoms with Crippen LogP contribution in [-0.4, -0.2) is 160 Å². The molecule has 0 aromatic heterocycles. The van der Waals surface area contributed by atoms with Crippen molar-refractivity contribution in [1.29, 1.82) is 0 Å². The van der Waals surface area contributed by atoms with Crippen LogP contribution in [0.5, 0.6) is 17.2 Å². The van der Waals surface area contributed by atoms with E-state index < -0.39 is 111 Å². The van der Waals surface area contributed by atoms with Gasteiger partial charge in [0.2, 0.25) is 15.9 Å². The van der Waals surface area contributed by atoms with E-state index in [1.807, 2.05) is 0 Å². The first-order valence-electron chi connectivity index (χ1n) is 26.8. The molecule has 5 bridgehead atoms. The van der Waals surface area contributed by atoms with Gasteiger partial charge in [-0.3, -0.25) is 19.4 Å². The number of nitrogens with one attached hydrogen (secondary N) is 1. The van der Waals surface area contributed by atoms with Gasteiger partial charge >= 0.3 is 11.8 Å². The first-order chi connectivity index (χ1) is 36.5. The smallest absolute Gasteiger partial charge is 0.315 e. The maximum absolute atomic E-state index is 15.0. The van der Waals surface area contributed by atoms with Crippen LogP contribution in [0, 0.1) is 36.5 Å². The summed E-state index contributed by atoms with van der Waals surface area (Å²) in [5, 5.41) is 71.0. The Morgan fingerprint density at radius 1 is 0.936 bits per heavy atom. The molecule has 0 aliphatic carbocycles. The number of fused-ring (bicyclic) bond motifs is 12. The number of ketones is 1. The Hall–Kier alpha value is -4.89. The molecule has 428 valence electrons. The second-order valence-electron chi connectivity index (χ2n) is 22.6. The number of carbonyl (C=O) groups is 3. The first-order valence-corrected chi connectivity index (χ1v) is 29.6. The number of Topliss-reactive ketones (excluding diaryl/α,β-unsaturated/α-hetero) is 1. The number of halogens is 1.